The van der Waals surface area contributed by atoms with E-state index in [0.717, 1.165) is 17.5 Å². The number of aliphatic hydroxyl groups excluding tert-OH is 1. The fourth-order valence-corrected chi connectivity index (χ4v) is 2.97. The van der Waals surface area contributed by atoms with Crippen LogP contribution in [-0.4, -0.2) is 57.5 Å². The number of aliphatic hydroxyl groups is 1. The Morgan fingerprint density at radius 1 is 1.10 bits per heavy atom. The third kappa shape index (κ3) is 7.02. The van der Waals surface area contributed by atoms with Crippen LogP contribution in [0.5, 0.6) is 0 Å². The molecule has 0 saturated heterocycles. The summed E-state index contributed by atoms with van der Waals surface area (Å²) in [6, 6.07) is 14.0. The van der Waals surface area contributed by atoms with E-state index in [-0.39, 0.29) is 18.2 Å². The van der Waals surface area contributed by atoms with E-state index < -0.39 is 24.0 Å². The van der Waals surface area contributed by atoms with Crippen molar-refractivity contribution in [2.75, 3.05) is 13.1 Å². The highest BCUT2D eigenvalue weighted by Gasteiger charge is 2.26. The lowest BCUT2D eigenvalue weighted by atomic mass is 10.0. The van der Waals surface area contributed by atoms with Crippen molar-refractivity contribution in [3.63, 3.8) is 0 Å². The van der Waals surface area contributed by atoms with E-state index in [1.54, 1.807) is 12.1 Å². The van der Waals surface area contributed by atoms with Gasteiger partial charge in [-0.05, 0) is 54.4 Å². The van der Waals surface area contributed by atoms with Crippen LogP contribution in [0, 0.1) is 0 Å². The Kier molecular flexibility index (Phi) is 8.92. The number of hydrogen-bond acceptors (Lipinski definition) is 5. The number of nitrogens with two attached hydrogens (primary N) is 1. The second kappa shape index (κ2) is 11.4. The molecule has 0 bridgehead atoms. The highest BCUT2D eigenvalue weighted by atomic mass is 32.1. The van der Waals surface area contributed by atoms with E-state index >= 15 is 0 Å². The van der Waals surface area contributed by atoms with Gasteiger partial charge < -0.3 is 21.5 Å². The summed E-state index contributed by atoms with van der Waals surface area (Å²) in [5.41, 5.74) is 8.87. The van der Waals surface area contributed by atoms with E-state index in [4.69, 9.17) is 5.73 Å². The molecule has 6 N–H and O–H groups in total. The van der Waals surface area contributed by atoms with Gasteiger partial charge in [0.05, 0.1) is 12.6 Å². The number of carbonyl (C=O) groups is 2. The van der Waals surface area contributed by atoms with Crippen LogP contribution in [0.4, 0.5) is 0 Å². The van der Waals surface area contributed by atoms with Crippen molar-refractivity contribution < 1.29 is 19.9 Å². The first-order valence-electron chi connectivity index (χ1n) is 9.94. The number of amides is 2. The van der Waals surface area contributed by atoms with Crippen LogP contribution in [0.15, 0.2) is 48.5 Å². The highest BCUT2D eigenvalue weighted by molar-refractivity contribution is 7.80. The smallest absolute Gasteiger partial charge is 0.252 e. The van der Waals surface area contributed by atoms with Crippen LogP contribution in [0.2, 0.25) is 0 Å². The minimum atomic E-state index is -1.16. The van der Waals surface area contributed by atoms with E-state index in [9.17, 15) is 19.9 Å². The zero-order valence-corrected chi connectivity index (χ0v) is 18.4. The van der Waals surface area contributed by atoms with Crippen molar-refractivity contribution in [1.29, 1.82) is 0 Å². The monoisotopic (exact) mass is 444 g/mol. The minimum Gasteiger partial charge on any atom is -0.391 e. The van der Waals surface area contributed by atoms with Gasteiger partial charge in [-0.15, -0.1) is 0 Å². The molecule has 2 atom stereocenters. The van der Waals surface area contributed by atoms with Crippen molar-refractivity contribution in [1.82, 2.24) is 15.7 Å². The molecule has 0 aliphatic heterocycles. The number of nitrogens with zero attached hydrogens (tertiary/aromatic N) is 1. The SMILES string of the molecule is CCc1ccc(-c2ccc(C(=O)N[C@H](C(=O)NCCN(O)C(N)=S)[C@@H](C)O)cc2)cc1. The number of benzene rings is 2. The molecule has 8 nitrogen and oxygen atoms in total. The average molecular weight is 445 g/mol. The minimum absolute atomic E-state index is 0.0251. The summed E-state index contributed by atoms with van der Waals surface area (Å²) in [7, 11) is 0. The molecule has 0 aliphatic rings. The van der Waals surface area contributed by atoms with Gasteiger partial charge in [0.1, 0.15) is 6.04 Å². The molecule has 2 rings (SSSR count). The molecule has 0 aliphatic carbocycles. The first-order valence-corrected chi connectivity index (χ1v) is 10.4. The van der Waals surface area contributed by atoms with Crippen LogP contribution in [0.3, 0.4) is 0 Å². The third-order valence-corrected chi connectivity index (χ3v) is 4.98. The van der Waals surface area contributed by atoms with Crippen LogP contribution in [-0.2, 0) is 11.2 Å². The zero-order chi connectivity index (χ0) is 23.0. The van der Waals surface area contributed by atoms with Gasteiger partial charge in [0, 0.05) is 12.1 Å². The molecule has 9 heteroatoms. The molecule has 0 radical (unpaired) electrons. The maximum absolute atomic E-state index is 12.6. The number of hydroxylamine groups is 2. The summed E-state index contributed by atoms with van der Waals surface area (Å²) >= 11 is 4.60. The van der Waals surface area contributed by atoms with Crippen LogP contribution < -0.4 is 16.4 Å². The van der Waals surface area contributed by atoms with Gasteiger partial charge >= 0.3 is 0 Å². The van der Waals surface area contributed by atoms with Crippen molar-refractivity contribution in [2.24, 2.45) is 5.73 Å². The molecule has 166 valence electrons. The van der Waals surface area contributed by atoms with Gasteiger partial charge in [0.15, 0.2) is 5.11 Å². The molecule has 0 heterocycles. The summed E-state index contributed by atoms with van der Waals surface area (Å²) in [4.78, 5) is 24.9. The van der Waals surface area contributed by atoms with Crippen molar-refractivity contribution >= 4 is 29.1 Å². The molecule has 0 saturated carbocycles. The number of nitrogens with one attached hydrogen (secondary N) is 2. The quantitative estimate of drug-likeness (QED) is 0.292. The molecular formula is C22H28N4O4S. The summed E-state index contributed by atoms with van der Waals surface area (Å²) in [6.45, 7) is 3.50. The van der Waals surface area contributed by atoms with Gasteiger partial charge in [-0.1, -0.05) is 43.3 Å². The normalized spacial score (nSPS) is 12.5. The maximum atomic E-state index is 12.6. The molecule has 2 aromatic carbocycles. The van der Waals surface area contributed by atoms with Gasteiger partial charge in [0.2, 0.25) is 5.91 Å². The van der Waals surface area contributed by atoms with Crippen LogP contribution in [0.25, 0.3) is 11.1 Å². The Hall–Kier alpha value is -3.01. The molecule has 0 fully saturated rings. The lowest BCUT2D eigenvalue weighted by Gasteiger charge is -2.22. The number of aryl methyl sites for hydroxylation is 1. The molecule has 0 spiro atoms. The van der Waals surface area contributed by atoms with Gasteiger partial charge in [-0.2, -0.15) is 0 Å². The largest absolute Gasteiger partial charge is 0.391 e. The number of hydrogen-bond donors (Lipinski definition) is 5. The average Bonchev–Trinajstić information content (AvgIpc) is 2.76. The van der Waals surface area contributed by atoms with Crippen LogP contribution in [0.1, 0.15) is 29.8 Å². The Morgan fingerprint density at radius 3 is 2.13 bits per heavy atom. The number of rotatable bonds is 9. The first-order chi connectivity index (χ1) is 14.7. The third-order valence-electron chi connectivity index (χ3n) is 4.77. The fourth-order valence-electron chi connectivity index (χ4n) is 2.88. The Labute approximate surface area is 187 Å². The molecule has 0 aromatic heterocycles. The Balaban J connectivity index is 1.99. The second-order valence-electron chi connectivity index (χ2n) is 7.07. The van der Waals surface area contributed by atoms with E-state index in [0.29, 0.717) is 10.6 Å². The Morgan fingerprint density at radius 2 is 1.65 bits per heavy atom. The second-order valence-corrected chi connectivity index (χ2v) is 7.49. The Bertz CT molecular complexity index is 901. The molecule has 2 aromatic rings. The summed E-state index contributed by atoms with van der Waals surface area (Å²) in [5.74, 6) is -1.08. The van der Waals surface area contributed by atoms with Gasteiger partial charge in [0.25, 0.3) is 5.91 Å². The predicted octanol–water partition coefficient (Wildman–Crippen LogP) is 1.45. The number of thiocarbonyl (C=S) groups is 1. The van der Waals surface area contributed by atoms with Crippen LogP contribution >= 0.6 is 12.2 Å². The van der Waals surface area contributed by atoms with E-state index in [1.807, 2.05) is 24.3 Å². The van der Waals surface area contributed by atoms with E-state index in [1.165, 1.54) is 12.5 Å². The van der Waals surface area contributed by atoms with E-state index in [2.05, 4.69) is 41.9 Å². The molecule has 2 amide bonds. The van der Waals surface area contributed by atoms with Gasteiger partial charge in [-0.25, -0.2) is 5.06 Å². The lowest BCUT2D eigenvalue weighted by Crippen LogP contribution is -2.53. The topological polar surface area (TPSA) is 128 Å². The molecule has 31 heavy (non-hydrogen) atoms. The maximum Gasteiger partial charge on any atom is 0.252 e. The van der Waals surface area contributed by atoms with Crippen molar-refractivity contribution in [3.05, 3.63) is 59.7 Å². The first kappa shape index (κ1) is 24.3. The predicted molar refractivity (Wildman–Crippen MR) is 122 cm³/mol. The molecular weight excluding hydrogens is 416 g/mol. The summed E-state index contributed by atoms with van der Waals surface area (Å²) < 4.78 is 0. The molecule has 0 unspecified atom stereocenters. The van der Waals surface area contributed by atoms with Gasteiger partial charge in [-0.3, -0.25) is 14.8 Å². The highest BCUT2D eigenvalue weighted by Crippen LogP contribution is 2.20. The van der Waals surface area contributed by atoms with Crippen molar-refractivity contribution in [2.45, 2.75) is 32.4 Å². The van der Waals surface area contributed by atoms with Crippen molar-refractivity contribution in [3.8, 4) is 11.1 Å². The fraction of sp³-hybridized carbons (Fsp3) is 0.318. The lowest BCUT2D eigenvalue weighted by molar-refractivity contribution is -0.125. The zero-order valence-electron chi connectivity index (χ0n) is 17.5. The summed E-state index contributed by atoms with van der Waals surface area (Å²) in [5, 5.41) is 24.8. The standard InChI is InChI=1S/C22H28N4O4S/c1-3-15-4-6-16(7-5-15)17-8-10-18(11-9-17)20(28)25-19(14(2)27)21(29)24-12-13-26(30)22(23)31/h4-11,14,19,27,30H,3,12-13H2,1-2H3,(H2,23,31)(H,24,29)(H,25,28)/t14-,19+/m1/s1. The number of carbonyl (C=O) groups excluding carboxylic acids is 2. The summed E-state index contributed by atoms with van der Waals surface area (Å²) in [6.07, 6.45) is -0.156.